The fourth-order valence-electron chi connectivity index (χ4n) is 1.75. The van der Waals surface area contributed by atoms with Gasteiger partial charge in [-0.15, -0.1) is 11.8 Å². The zero-order chi connectivity index (χ0) is 14.3. The van der Waals surface area contributed by atoms with Crippen LogP contribution in [0.2, 0.25) is 0 Å². The van der Waals surface area contributed by atoms with E-state index in [1.54, 1.807) is 11.8 Å². The number of esters is 1. The zero-order valence-electron chi connectivity index (χ0n) is 11.5. The number of nitrogens with one attached hydrogen (secondary N) is 1. The fraction of sp³-hybridized carbons (Fsp3) is 0.500. The summed E-state index contributed by atoms with van der Waals surface area (Å²) in [5.74, 6) is 0.568. The van der Waals surface area contributed by atoms with Crippen LogP contribution in [0, 0.1) is 0 Å². The Morgan fingerprint density at radius 1 is 1.53 bits per heavy atom. The van der Waals surface area contributed by atoms with Gasteiger partial charge in [-0.3, -0.25) is 4.79 Å². The highest BCUT2D eigenvalue weighted by Crippen LogP contribution is 2.30. The van der Waals surface area contributed by atoms with Gasteiger partial charge in [0.15, 0.2) is 0 Å². The lowest BCUT2D eigenvalue weighted by Crippen LogP contribution is -2.18. The Labute approximate surface area is 127 Å². The summed E-state index contributed by atoms with van der Waals surface area (Å²) in [6, 6.07) is 6.58. The highest BCUT2D eigenvalue weighted by atomic mass is 79.9. The molecule has 0 saturated carbocycles. The monoisotopic (exact) mass is 345 g/mol. The van der Waals surface area contributed by atoms with Crippen LogP contribution >= 0.6 is 27.7 Å². The predicted molar refractivity (Wildman–Crippen MR) is 83.6 cm³/mol. The SMILES string of the molecule is CCNC(C)c1ccc(Br)cc1SCCC(=O)OC. The molecular weight excluding hydrogens is 326 g/mol. The molecule has 5 heteroatoms. The van der Waals surface area contributed by atoms with Crippen molar-refractivity contribution in [1.29, 1.82) is 0 Å². The average Bonchev–Trinajstić information content (AvgIpc) is 2.38. The molecule has 3 nitrogen and oxygen atoms in total. The minimum Gasteiger partial charge on any atom is -0.469 e. The molecule has 19 heavy (non-hydrogen) atoms. The van der Waals surface area contributed by atoms with Crippen LogP contribution in [0.15, 0.2) is 27.6 Å². The first-order chi connectivity index (χ1) is 9.08. The summed E-state index contributed by atoms with van der Waals surface area (Å²) in [6.45, 7) is 5.18. The van der Waals surface area contributed by atoms with Crippen LogP contribution < -0.4 is 5.32 Å². The number of halogens is 1. The smallest absolute Gasteiger partial charge is 0.306 e. The Hall–Kier alpha value is -0.520. The third-order valence-corrected chi connectivity index (χ3v) is 4.31. The molecule has 0 aromatic heterocycles. The van der Waals surface area contributed by atoms with E-state index in [4.69, 9.17) is 0 Å². The third-order valence-electron chi connectivity index (χ3n) is 2.74. The number of carbonyl (C=O) groups is 1. The highest BCUT2D eigenvalue weighted by Gasteiger charge is 2.11. The Morgan fingerprint density at radius 3 is 2.89 bits per heavy atom. The molecule has 0 fully saturated rings. The van der Waals surface area contributed by atoms with E-state index in [9.17, 15) is 4.79 Å². The third kappa shape index (κ3) is 5.55. The van der Waals surface area contributed by atoms with E-state index >= 15 is 0 Å². The molecule has 0 aliphatic rings. The lowest BCUT2D eigenvalue weighted by molar-refractivity contribution is -0.140. The molecule has 0 aliphatic heterocycles. The second-order valence-corrected chi connectivity index (χ2v) is 6.19. The fourth-order valence-corrected chi connectivity index (χ4v) is 3.38. The number of methoxy groups -OCH3 is 1. The maximum atomic E-state index is 11.1. The summed E-state index contributed by atoms with van der Waals surface area (Å²) in [6.07, 6.45) is 0.433. The van der Waals surface area contributed by atoms with E-state index in [-0.39, 0.29) is 5.97 Å². The van der Waals surface area contributed by atoms with Crippen molar-refractivity contribution in [2.24, 2.45) is 0 Å². The molecule has 106 valence electrons. The molecule has 1 unspecified atom stereocenters. The normalized spacial score (nSPS) is 12.2. The van der Waals surface area contributed by atoms with Crippen LogP contribution in [0.5, 0.6) is 0 Å². The Bertz CT molecular complexity index is 426. The Kier molecular flexibility index (Phi) is 7.49. The molecule has 0 radical (unpaired) electrons. The molecular formula is C14H20BrNO2S. The van der Waals surface area contributed by atoms with Gasteiger partial charge < -0.3 is 10.1 Å². The Balaban J connectivity index is 2.73. The maximum Gasteiger partial charge on any atom is 0.306 e. The lowest BCUT2D eigenvalue weighted by Gasteiger charge is -2.17. The van der Waals surface area contributed by atoms with E-state index in [1.807, 2.05) is 6.07 Å². The predicted octanol–water partition coefficient (Wildman–Crippen LogP) is 3.77. The quantitative estimate of drug-likeness (QED) is 0.602. The molecule has 0 aliphatic carbocycles. The molecule has 1 aromatic carbocycles. The van der Waals surface area contributed by atoms with Gasteiger partial charge in [-0.1, -0.05) is 28.9 Å². The van der Waals surface area contributed by atoms with Crippen molar-refractivity contribution in [3.05, 3.63) is 28.2 Å². The number of carbonyl (C=O) groups excluding carboxylic acids is 1. The Morgan fingerprint density at radius 2 is 2.26 bits per heavy atom. The number of thioether (sulfide) groups is 1. The van der Waals surface area contributed by atoms with Gasteiger partial charge in [0.2, 0.25) is 0 Å². The summed E-state index contributed by atoms with van der Waals surface area (Å²) in [7, 11) is 1.42. The van der Waals surface area contributed by atoms with E-state index in [0.29, 0.717) is 12.5 Å². The van der Waals surface area contributed by atoms with Gasteiger partial charge in [0.1, 0.15) is 0 Å². The van der Waals surface area contributed by atoms with Gasteiger partial charge in [0, 0.05) is 21.2 Å². The van der Waals surface area contributed by atoms with Crippen molar-refractivity contribution < 1.29 is 9.53 Å². The first kappa shape index (κ1) is 16.5. The summed E-state index contributed by atoms with van der Waals surface area (Å²) < 4.78 is 5.71. The van der Waals surface area contributed by atoms with Crippen molar-refractivity contribution in [2.75, 3.05) is 19.4 Å². The van der Waals surface area contributed by atoms with Crippen LogP contribution in [0.1, 0.15) is 31.9 Å². The van der Waals surface area contributed by atoms with E-state index in [2.05, 4.69) is 52.0 Å². The molecule has 0 spiro atoms. The highest BCUT2D eigenvalue weighted by molar-refractivity contribution is 9.10. The molecule has 0 heterocycles. The van der Waals surface area contributed by atoms with Gasteiger partial charge >= 0.3 is 5.97 Å². The number of hydrogen-bond donors (Lipinski definition) is 1. The van der Waals surface area contributed by atoms with Crippen molar-refractivity contribution >= 4 is 33.7 Å². The first-order valence-electron chi connectivity index (χ1n) is 6.31. The summed E-state index contributed by atoms with van der Waals surface area (Å²) in [5, 5.41) is 3.41. The zero-order valence-corrected chi connectivity index (χ0v) is 13.9. The van der Waals surface area contributed by atoms with E-state index in [0.717, 1.165) is 16.8 Å². The second kappa shape index (κ2) is 8.61. The summed E-state index contributed by atoms with van der Waals surface area (Å²) in [4.78, 5) is 12.3. The summed E-state index contributed by atoms with van der Waals surface area (Å²) >= 11 is 5.18. The largest absolute Gasteiger partial charge is 0.469 e. The molecule has 0 amide bonds. The average molecular weight is 346 g/mol. The van der Waals surface area contributed by atoms with Crippen molar-refractivity contribution in [3.63, 3.8) is 0 Å². The molecule has 0 saturated heterocycles. The van der Waals surface area contributed by atoms with Crippen molar-refractivity contribution in [3.8, 4) is 0 Å². The van der Waals surface area contributed by atoms with Crippen LogP contribution in [0.3, 0.4) is 0 Å². The standard InChI is InChI=1S/C14H20BrNO2S/c1-4-16-10(2)12-6-5-11(15)9-13(12)19-8-7-14(17)18-3/h5-6,9-10,16H,4,7-8H2,1-3H3. The molecule has 1 rings (SSSR count). The van der Waals surface area contributed by atoms with Gasteiger partial charge in [-0.2, -0.15) is 0 Å². The van der Waals surface area contributed by atoms with E-state index in [1.165, 1.54) is 17.6 Å². The number of hydrogen-bond acceptors (Lipinski definition) is 4. The van der Waals surface area contributed by atoms with Crippen molar-refractivity contribution in [1.82, 2.24) is 5.32 Å². The van der Waals surface area contributed by atoms with Gasteiger partial charge in [-0.05, 0) is 31.2 Å². The molecule has 1 N–H and O–H groups in total. The topological polar surface area (TPSA) is 38.3 Å². The van der Waals surface area contributed by atoms with Crippen molar-refractivity contribution in [2.45, 2.75) is 31.2 Å². The summed E-state index contributed by atoms with van der Waals surface area (Å²) in [5.41, 5.74) is 1.26. The number of ether oxygens (including phenoxy) is 1. The number of rotatable bonds is 7. The first-order valence-corrected chi connectivity index (χ1v) is 8.08. The molecule has 1 atom stereocenters. The number of benzene rings is 1. The van der Waals surface area contributed by atoms with Gasteiger partial charge in [-0.25, -0.2) is 0 Å². The van der Waals surface area contributed by atoms with Gasteiger partial charge in [0.05, 0.1) is 13.5 Å². The lowest BCUT2D eigenvalue weighted by atomic mass is 10.1. The van der Waals surface area contributed by atoms with Crippen LogP contribution in [-0.4, -0.2) is 25.4 Å². The minimum absolute atomic E-state index is 0.163. The minimum atomic E-state index is -0.163. The van der Waals surface area contributed by atoms with E-state index < -0.39 is 0 Å². The maximum absolute atomic E-state index is 11.1. The van der Waals surface area contributed by atoms with Gasteiger partial charge in [0.25, 0.3) is 0 Å². The van der Waals surface area contributed by atoms with Crippen LogP contribution in [0.25, 0.3) is 0 Å². The van der Waals surface area contributed by atoms with Crippen LogP contribution in [0.4, 0.5) is 0 Å². The molecule has 1 aromatic rings. The second-order valence-electron chi connectivity index (χ2n) is 4.14. The molecule has 0 bridgehead atoms. The van der Waals surface area contributed by atoms with Crippen LogP contribution in [-0.2, 0) is 9.53 Å².